The van der Waals surface area contributed by atoms with Crippen LogP contribution in [-0.2, 0) is 0 Å². The number of carbonyl (C=O) groups is 1. The van der Waals surface area contributed by atoms with Gasteiger partial charge in [-0.05, 0) is 25.0 Å². The number of hydrogen-bond acceptors (Lipinski definition) is 2. The Balaban J connectivity index is 3.28. The van der Waals surface area contributed by atoms with E-state index in [4.69, 9.17) is 5.26 Å². The average molecular weight is 205 g/mol. The molecule has 0 heterocycles. The van der Waals surface area contributed by atoms with Gasteiger partial charge in [0.25, 0.3) is 0 Å². The first-order valence-corrected chi connectivity index (χ1v) is 4.84. The van der Waals surface area contributed by atoms with Crippen LogP contribution in [0.5, 0.6) is 0 Å². The Bertz CT molecular complexity index is 432. The first kappa shape index (κ1) is 11.4. The zero-order chi connectivity index (χ0) is 11.4. The fraction of sp³-hybridized carbons (Fsp3) is 0.333. The second kappa shape index (κ2) is 4.70. The summed E-state index contributed by atoms with van der Waals surface area (Å²) in [7, 11) is 0. The van der Waals surface area contributed by atoms with Crippen LogP contribution in [0.2, 0.25) is 0 Å². The summed E-state index contributed by atoms with van der Waals surface area (Å²) >= 11 is 0. The molecule has 0 saturated heterocycles. The van der Waals surface area contributed by atoms with Crippen molar-refractivity contribution >= 4 is 5.78 Å². The van der Waals surface area contributed by atoms with E-state index >= 15 is 0 Å². The molecule has 3 heteroatoms. The van der Waals surface area contributed by atoms with Gasteiger partial charge in [0.2, 0.25) is 0 Å². The second-order valence-electron chi connectivity index (χ2n) is 3.40. The molecular formula is C12H12FNO. The summed E-state index contributed by atoms with van der Waals surface area (Å²) in [4.78, 5) is 11.6. The van der Waals surface area contributed by atoms with E-state index in [2.05, 4.69) is 0 Å². The molecule has 0 fully saturated rings. The fourth-order valence-corrected chi connectivity index (χ4v) is 1.45. The van der Waals surface area contributed by atoms with Gasteiger partial charge in [-0.1, -0.05) is 13.0 Å². The predicted molar refractivity (Wildman–Crippen MR) is 55.1 cm³/mol. The molecule has 15 heavy (non-hydrogen) atoms. The highest BCUT2D eigenvalue weighted by atomic mass is 19.1. The van der Waals surface area contributed by atoms with E-state index in [0.717, 1.165) is 0 Å². The van der Waals surface area contributed by atoms with Gasteiger partial charge in [0, 0.05) is 6.42 Å². The monoisotopic (exact) mass is 205 g/mol. The summed E-state index contributed by atoms with van der Waals surface area (Å²) < 4.78 is 13.7. The maximum atomic E-state index is 13.7. The summed E-state index contributed by atoms with van der Waals surface area (Å²) in [6, 6.07) is 4.73. The first-order chi connectivity index (χ1) is 7.11. The maximum Gasteiger partial charge on any atom is 0.166 e. The number of hydrogen-bond donors (Lipinski definition) is 0. The third-order valence-corrected chi connectivity index (χ3v) is 2.23. The van der Waals surface area contributed by atoms with E-state index in [1.165, 1.54) is 6.07 Å². The molecule has 0 aliphatic carbocycles. The lowest BCUT2D eigenvalue weighted by Gasteiger charge is -2.06. The summed E-state index contributed by atoms with van der Waals surface area (Å²) in [5, 5.41) is 8.64. The van der Waals surface area contributed by atoms with Gasteiger partial charge in [0.05, 0.1) is 11.1 Å². The van der Waals surface area contributed by atoms with Crippen LogP contribution in [0.1, 0.15) is 41.3 Å². The first-order valence-electron chi connectivity index (χ1n) is 4.84. The van der Waals surface area contributed by atoms with Gasteiger partial charge in [-0.2, -0.15) is 5.26 Å². The summed E-state index contributed by atoms with van der Waals surface area (Å²) in [5.74, 6) is -0.916. The minimum Gasteiger partial charge on any atom is -0.294 e. The third kappa shape index (κ3) is 2.21. The van der Waals surface area contributed by atoms with Crippen LogP contribution >= 0.6 is 0 Å². The van der Waals surface area contributed by atoms with Gasteiger partial charge in [0.1, 0.15) is 6.07 Å². The van der Waals surface area contributed by atoms with Crippen molar-refractivity contribution in [3.05, 3.63) is 34.6 Å². The van der Waals surface area contributed by atoms with E-state index in [0.29, 0.717) is 18.4 Å². The Morgan fingerprint density at radius 2 is 2.20 bits per heavy atom. The van der Waals surface area contributed by atoms with Crippen molar-refractivity contribution in [3.63, 3.8) is 0 Å². The number of benzene rings is 1. The molecule has 0 atom stereocenters. The quantitative estimate of drug-likeness (QED) is 0.712. The lowest BCUT2D eigenvalue weighted by atomic mass is 9.98. The molecule has 0 N–H and O–H groups in total. The standard InChI is InChI=1S/C12H12FNO/c1-3-4-10(15)11-8(2)5-6-9(7-14)12(11)13/h5-6H,3-4H2,1-2H3. The molecule has 0 aliphatic heterocycles. The molecule has 1 rings (SSSR count). The van der Waals surface area contributed by atoms with E-state index in [1.54, 1.807) is 19.1 Å². The highest BCUT2D eigenvalue weighted by molar-refractivity contribution is 5.98. The second-order valence-corrected chi connectivity index (χ2v) is 3.40. The van der Waals surface area contributed by atoms with Gasteiger partial charge in [-0.15, -0.1) is 0 Å². The number of nitriles is 1. The van der Waals surface area contributed by atoms with Crippen molar-refractivity contribution in [2.75, 3.05) is 0 Å². The molecule has 0 aromatic heterocycles. The largest absolute Gasteiger partial charge is 0.294 e. The number of aryl methyl sites for hydroxylation is 1. The molecule has 0 unspecified atom stereocenters. The number of nitrogens with zero attached hydrogens (tertiary/aromatic N) is 1. The normalized spacial score (nSPS) is 9.73. The Morgan fingerprint density at radius 3 is 2.73 bits per heavy atom. The van der Waals surface area contributed by atoms with E-state index in [-0.39, 0.29) is 16.9 Å². The van der Waals surface area contributed by atoms with Gasteiger partial charge in [-0.3, -0.25) is 4.79 Å². The SMILES string of the molecule is CCCC(=O)c1c(C)ccc(C#N)c1F. The van der Waals surface area contributed by atoms with Crippen LogP contribution in [0.25, 0.3) is 0 Å². The molecule has 0 radical (unpaired) electrons. The van der Waals surface area contributed by atoms with E-state index in [9.17, 15) is 9.18 Å². The third-order valence-electron chi connectivity index (χ3n) is 2.23. The van der Waals surface area contributed by atoms with Crippen molar-refractivity contribution in [3.8, 4) is 6.07 Å². The Morgan fingerprint density at radius 1 is 1.53 bits per heavy atom. The minimum atomic E-state index is -0.684. The van der Waals surface area contributed by atoms with E-state index < -0.39 is 5.82 Å². The molecule has 0 saturated carbocycles. The smallest absolute Gasteiger partial charge is 0.166 e. The van der Waals surface area contributed by atoms with Crippen molar-refractivity contribution < 1.29 is 9.18 Å². The van der Waals surface area contributed by atoms with Crippen molar-refractivity contribution in [1.82, 2.24) is 0 Å². The Hall–Kier alpha value is -1.69. The lowest BCUT2D eigenvalue weighted by Crippen LogP contribution is -2.06. The molecule has 1 aromatic carbocycles. The lowest BCUT2D eigenvalue weighted by molar-refractivity contribution is 0.0977. The highest BCUT2D eigenvalue weighted by Crippen LogP contribution is 2.19. The van der Waals surface area contributed by atoms with Crippen molar-refractivity contribution in [1.29, 1.82) is 5.26 Å². The van der Waals surface area contributed by atoms with Crippen LogP contribution in [0, 0.1) is 24.1 Å². The number of Topliss-reactive ketones (excluding diaryl/α,β-unsaturated/α-hetero) is 1. The molecule has 0 spiro atoms. The molecule has 1 aromatic rings. The number of rotatable bonds is 3. The summed E-state index contributed by atoms with van der Waals surface area (Å²) in [6.45, 7) is 3.53. The van der Waals surface area contributed by atoms with Crippen LogP contribution < -0.4 is 0 Å². The average Bonchev–Trinajstić information content (AvgIpc) is 2.18. The topological polar surface area (TPSA) is 40.9 Å². The van der Waals surface area contributed by atoms with Crippen LogP contribution in [0.15, 0.2) is 12.1 Å². The fourth-order valence-electron chi connectivity index (χ4n) is 1.45. The van der Waals surface area contributed by atoms with Gasteiger partial charge < -0.3 is 0 Å². The molecule has 0 bridgehead atoms. The van der Waals surface area contributed by atoms with Gasteiger partial charge >= 0.3 is 0 Å². The molecule has 2 nitrogen and oxygen atoms in total. The Labute approximate surface area is 88.3 Å². The van der Waals surface area contributed by atoms with Crippen molar-refractivity contribution in [2.45, 2.75) is 26.7 Å². The molecule has 0 aliphatic rings. The van der Waals surface area contributed by atoms with Gasteiger partial charge in [0.15, 0.2) is 11.6 Å². The number of ketones is 1. The molecule has 0 amide bonds. The highest BCUT2D eigenvalue weighted by Gasteiger charge is 2.16. The summed E-state index contributed by atoms with van der Waals surface area (Å²) in [6.07, 6.45) is 0.987. The van der Waals surface area contributed by atoms with Crippen LogP contribution in [0.4, 0.5) is 4.39 Å². The number of carbonyl (C=O) groups excluding carboxylic acids is 1. The Kier molecular flexibility index (Phi) is 3.56. The summed E-state index contributed by atoms with van der Waals surface area (Å²) in [5.41, 5.74) is 0.584. The van der Waals surface area contributed by atoms with Crippen molar-refractivity contribution in [2.24, 2.45) is 0 Å². The zero-order valence-electron chi connectivity index (χ0n) is 8.80. The zero-order valence-corrected chi connectivity index (χ0v) is 8.80. The van der Waals surface area contributed by atoms with Gasteiger partial charge in [-0.25, -0.2) is 4.39 Å². The van der Waals surface area contributed by atoms with Crippen LogP contribution in [0.3, 0.4) is 0 Å². The molecular weight excluding hydrogens is 193 g/mol. The molecule has 78 valence electrons. The minimum absolute atomic E-state index is 0.0656. The predicted octanol–water partition coefficient (Wildman–Crippen LogP) is 2.99. The number of halogens is 1. The maximum absolute atomic E-state index is 13.7. The van der Waals surface area contributed by atoms with E-state index in [1.807, 2.05) is 6.92 Å². The van der Waals surface area contributed by atoms with Crippen LogP contribution in [-0.4, -0.2) is 5.78 Å².